The SMILES string of the molecule is C=C(/C(C)=C\C=C(/C)C1=CCCC=C1)c1ccccc1.CC1C=CC(C2(c3ccccc3)c3cc(CC4=CC=C5c6ccccc6C(C)(C)C5C4)ccc3-c3c(-c4ccc(C5=C(c6ccccc6)C=CCC5C)cc4)cccc32)=CC1. The zero-order valence-corrected chi connectivity index (χ0v) is 48.4. The number of hydrogen-bond acceptors (Lipinski definition) is 0. The third kappa shape index (κ3) is 10.1. The topological polar surface area (TPSA) is 0 Å². The number of fused-ring (bicyclic) bond motifs is 6. The standard InChI is InChI=1S/C61H54.C20H22/c1-40-25-33-48(34-26-40)61(47-18-9-6-10-19-47)55-24-14-22-50(45-29-31-46(32-30-45)58-41(2)15-13-21-49(58)44-16-7-5-8-17-44)59(55)53-36-28-43(39-57(53)61)37-42-27-35-52-51-20-11-12-23-54(51)60(3,4)56(52)38-42;1-16(18(3)20-12-8-5-9-13-20)14-15-17(2)19-10-6-4-7-11-19/h5-14,16-25,27-36,39-41,56H,15,26,37-38H2,1-4H3;5-6,8-15H,3-4,7H2,1-2H3/b;16-14-,17-15+. The number of benzene rings is 7. The molecule has 0 heterocycles. The van der Waals surface area contributed by atoms with Crippen molar-refractivity contribution in [3.8, 4) is 22.3 Å². The Kier molecular flexibility index (Phi) is 14.9. The van der Waals surface area contributed by atoms with Crippen LogP contribution in [0.5, 0.6) is 0 Å². The Labute approximate surface area is 483 Å². The lowest BCUT2D eigenvalue weighted by atomic mass is 9.65. The van der Waals surface area contributed by atoms with Gasteiger partial charge in [0.15, 0.2) is 0 Å². The molecule has 0 aliphatic heterocycles. The van der Waals surface area contributed by atoms with Crippen LogP contribution in [0.2, 0.25) is 0 Å². The summed E-state index contributed by atoms with van der Waals surface area (Å²) in [6.07, 6.45) is 34.5. The van der Waals surface area contributed by atoms with Crippen LogP contribution in [0.1, 0.15) is 124 Å². The second-order valence-corrected chi connectivity index (χ2v) is 24.1. The quantitative estimate of drug-likeness (QED) is 0.113. The minimum absolute atomic E-state index is 0.113. The fraction of sp³-hybridized carbons (Fsp3) is 0.210. The highest BCUT2D eigenvalue weighted by Gasteiger charge is 2.48. The summed E-state index contributed by atoms with van der Waals surface area (Å²) in [6, 6.07) is 65.8. The van der Waals surface area contributed by atoms with Gasteiger partial charge in [-0.25, -0.2) is 0 Å². The van der Waals surface area contributed by atoms with Crippen LogP contribution in [0.3, 0.4) is 0 Å². The van der Waals surface area contributed by atoms with Gasteiger partial charge in [-0.3, -0.25) is 0 Å². The molecule has 0 heteroatoms. The molecule has 81 heavy (non-hydrogen) atoms. The van der Waals surface area contributed by atoms with Crippen LogP contribution in [-0.4, -0.2) is 0 Å². The van der Waals surface area contributed by atoms with Crippen molar-refractivity contribution in [1.29, 1.82) is 0 Å². The summed E-state index contributed by atoms with van der Waals surface area (Å²) in [4.78, 5) is 0. The van der Waals surface area contributed by atoms with Gasteiger partial charge in [-0.1, -0.05) is 289 Å². The first kappa shape index (κ1) is 53.3. The van der Waals surface area contributed by atoms with Gasteiger partial charge in [-0.15, -0.1) is 0 Å². The van der Waals surface area contributed by atoms with Crippen LogP contribution < -0.4 is 0 Å². The average Bonchev–Trinajstić information content (AvgIpc) is 4.18. The Hall–Kier alpha value is -8.32. The highest BCUT2D eigenvalue weighted by Crippen LogP contribution is 2.60. The predicted octanol–water partition coefficient (Wildman–Crippen LogP) is 21.4. The first-order chi connectivity index (χ1) is 39.5. The third-order valence-electron chi connectivity index (χ3n) is 18.5. The summed E-state index contributed by atoms with van der Waals surface area (Å²) in [5, 5.41) is 0. The molecule has 6 aliphatic carbocycles. The Balaban J connectivity index is 0.000000276. The van der Waals surface area contributed by atoms with Crippen molar-refractivity contribution in [2.75, 3.05) is 0 Å². The molecule has 0 saturated heterocycles. The zero-order chi connectivity index (χ0) is 55.7. The van der Waals surface area contributed by atoms with Crippen molar-refractivity contribution >= 4 is 22.3 Å². The summed E-state index contributed by atoms with van der Waals surface area (Å²) in [5.74, 6) is 1.47. The molecule has 0 N–H and O–H groups in total. The van der Waals surface area contributed by atoms with Gasteiger partial charge in [-0.05, 0) is 192 Å². The largest absolute Gasteiger partial charge is 0.0909 e. The van der Waals surface area contributed by atoms with Gasteiger partial charge in [0.1, 0.15) is 0 Å². The van der Waals surface area contributed by atoms with E-state index in [0.717, 1.165) is 44.1 Å². The second-order valence-electron chi connectivity index (χ2n) is 24.1. The molecule has 6 aliphatic rings. The van der Waals surface area contributed by atoms with Crippen LogP contribution in [0.25, 0.3) is 44.5 Å². The summed E-state index contributed by atoms with van der Waals surface area (Å²) in [6.45, 7) is 18.1. The summed E-state index contributed by atoms with van der Waals surface area (Å²) < 4.78 is 0. The van der Waals surface area contributed by atoms with Crippen LogP contribution in [0.4, 0.5) is 0 Å². The van der Waals surface area contributed by atoms with E-state index < -0.39 is 5.41 Å². The molecule has 4 unspecified atom stereocenters. The van der Waals surface area contributed by atoms with E-state index in [9.17, 15) is 0 Å². The maximum absolute atomic E-state index is 4.19. The molecule has 0 fully saturated rings. The van der Waals surface area contributed by atoms with Gasteiger partial charge in [0.2, 0.25) is 0 Å². The van der Waals surface area contributed by atoms with Gasteiger partial charge in [0, 0.05) is 0 Å². The summed E-state index contributed by atoms with van der Waals surface area (Å²) >= 11 is 0. The molecule has 0 spiro atoms. The van der Waals surface area contributed by atoms with E-state index in [1.54, 1.807) is 0 Å². The van der Waals surface area contributed by atoms with E-state index in [4.69, 9.17) is 0 Å². The van der Waals surface area contributed by atoms with Crippen LogP contribution in [0.15, 0.2) is 283 Å². The maximum atomic E-state index is 4.19. The molecule has 0 saturated carbocycles. The smallest absolute Gasteiger partial charge is 0.0710 e. The zero-order valence-electron chi connectivity index (χ0n) is 48.4. The second kappa shape index (κ2) is 22.7. The van der Waals surface area contributed by atoms with E-state index >= 15 is 0 Å². The average molecular weight is 1050 g/mol. The van der Waals surface area contributed by atoms with E-state index in [2.05, 4.69) is 279 Å². The van der Waals surface area contributed by atoms with Gasteiger partial charge < -0.3 is 0 Å². The first-order valence-electron chi connectivity index (χ1n) is 29.8. The van der Waals surface area contributed by atoms with Gasteiger partial charge in [-0.2, -0.15) is 0 Å². The molecule has 0 amide bonds. The van der Waals surface area contributed by atoms with E-state index in [-0.39, 0.29) is 5.41 Å². The Morgan fingerprint density at radius 1 is 0.593 bits per heavy atom. The normalized spacial score (nSPS) is 21.3. The third-order valence-corrected chi connectivity index (χ3v) is 18.5. The molecule has 4 atom stereocenters. The Morgan fingerprint density at radius 2 is 1.30 bits per heavy atom. The van der Waals surface area contributed by atoms with Crippen LogP contribution in [-0.2, 0) is 17.3 Å². The van der Waals surface area contributed by atoms with Crippen molar-refractivity contribution in [3.05, 3.63) is 333 Å². The molecular weight excluding hydrogens is 973 g/mol. The number of allylic oxidation sites excluding steroid dienone is 21. The van der Waals surface area contributed by atoms with E-state index in [0.29, 0.717) is 17.8 Å². The van der Waals surface area contributed by atoms with Crippen molar-refractivity contribution < 1.29 is 0 Å². The fourth-order valence-electron chi connectivity index (χ4n) is 14.0. The highest BCUT2D eigenvalue weighted by molar-refractivity contribution is 5.99. The lowest BCUT2D eigenvalue weighted by Crippen LogP contribution is -2.30. The Bertz CT molecular complexity index is 3870. The van der Waals surface area contributed by atoms with Crippen molar-refractivity contribution in [2.45, 2.75) is 90.9 Å². The van der Waals surface area contributed by atoms with Crippen molar-refractivity contribution in [3.63, 3.8) is 0 Å². The first-order valence-corrected chi connectivity index (χ1v) is 29.8. The molecular formula is C81H76. The lowest BCUT2D eigenvalue weighted by Gasteiger charge is -2.36. The van der Waals surface area contributed by atoms with Crippen LogP contribution >= 0.6 is 0 Å². The molecule has 0 bridgehead atoms. The van der Waals surface area contributed by atoms with Gasteiger partial charge >= 0.3 is 0 Å². The molecule has 13 rings (SSSR count). The number of rotatable bonds is 11. The minimum atomic E-state index is -0.434. The molecule has 7 aromatic rings. The lowest BCUT2D eigenvalue weighted by molar-refractivity contribution is 0.406. The van der Waals surface area contributed by atoms with Gasteiger partial charge in [0.25, 0.3) is 0 Å². The van der Waals surface area contributed by atoms with E-state index in [1.807, 2.05) is 18.2 Å². The molecule has 0 radical (unpaired) electrons. The van der Waals surface area contributed by atoms with E-state index in [1.165, 1.54) is 117 Å². The minimum Gasteiger partial charge on any atom is -0.0909 e. The van der Waals surface area contributed by atoms with Crippen molar-refractivity contribution in [1.82, 2.24) is 0 Å². The molecule has 7 aromatic carbocycles. The predicted molar refractivity (Wildman–Crippen MR) is 348 cm³/mol. The number of hydrogen-bond donors (Lipinski definition) is 0. The Morgan fingerprint density at radius 3 is 2.04 bits per heavy atom. The van der Waals surface area contributed by atoms with Crippen molar-refractivity contribution in [2.24, 2.45) is 17.8 Å². The summed E-state index contributed by atoms with van der Waals surface area (Å²) in [7, 11) is 0. The summed E-state index contributed by atoms with van der Waals surface area (Å²) in [5.41, 5.74) is 29.3. The molecule has 0 nitrogen and oxygen atoms in total. The molecule has 400 valence electrons. The molecule has 0 aromatic heterocycles. The highest BCUT2D eigenvalue weighted by atomic mass is 14.5. The monoisotopic (exact) mass is 1050 g/mol. The fourth-order valence-corrected chi connectivity index (χ4v) is 14.0. The van der Waals surface area contributed by atoms with Crippen LogP contribution in [0, 0.1) is 17.8 Å². The van der Waals surface area contributed by atoms with Gasteiger partial charge in [0.05, 0.1) is 5.41 Å². The maximum Gasteiger partial charge on any atom is 0.0710 e.